The molecule has 0 rings (SSSR count). The number of aliphatic hydroxyl groups excluding tert-OH is 1. The molecule has 5 nitrogen and oxygen atoms in total. The molecule has 1 N–H and O–H groups in total. The van der Waals surface area contributed by atoms with E-state index in [1.807, 2.05) is 0 Å². The SMILES string of the molecule is CCCCCCCCCCOC(CO)CS(=O)(=O)[O-].[Na+]. The number of rotatable bonds is 13. The molecule has 0 aliphatic rings. The Morgan fingerprint density at radius 3 is 2.00 bits per heavy atom. The molecule has 0 heterocycles. The van der Waals surface area contributed by atoms with E-state index in [4.69, 9.17) is 9.84 Å². The van der Waals surface area contributed by atoms with Crippen LogP contribution in [-0.4, -0.2) is 43.1 Å². The van der Waals surface area contributed by atoms with Gasteiger partial charge in [-0.25, -0.2) is 8.42 Å². The summed E-state index contributed by atoms with van der Waals surface area (Å²) in [4.78, 5) is 0. The van der Waals surface area contributed by atoms with Crippen molar-refractivity contribution in [1.82, 2.24) is 0 Å². The van der Waals surface area contributed by atoms with Gasteiger partial charge in [-0.15, -0.1) is 0 Å². The molecular weight excluding hydrogens is 291 g/mol. The van der Waals surface area contributed by atoms with E-state index in [1.165, 1.54) is 32.1 Å². The second kappa shape index (κ2) is 14.8. The standard InChI is InChI=1S/C13H28O5S.Na/c1-2-3-4-5-6-7-8-9-10-18-13(11-14)12-19(15,16)17;/h13-14H,2-12H2,1H3,(H,15,16,17);/q;+1/p-1. The van der Waals surface area contributed by atoms with Crippen LogP contribution in [0.5, 0.6) is 0 Å². The first-order chi connectivity index (χ1) is 8.99. The Kier molecular flexibility index (Phi) is 17.0. The summed E-state index contributed by atoms with van der Waals surface area (Å²) < 4.78 is 36.7. The van der Waals surface area contributed by atoms with Gasteiger partial charge >= 0.3 is 29.6 Å². The van der Waals surface area contributed by atoms with Crippen LogP contribution < -0.4 is 29.6 Å². The smallest absolute Gasteiger partial charge is 0.748 e. The van der Waals surface area contributed by atoms with Crippen LogP contribution in [0.1, 0.15) is 58.3 Å². The van der Waals surface area contributed by atoms with E-state index in [1.54, 1.807) is 0 Å². The van der Waals surface area contributed by atoms with Gasteiger partial charge in [-0.1, -0.05) is 51.9 Å². The average Bonchev–Trinajstić information content (AvgIpc) is 2.34. The van der Waals surface area contributed by atoms with E-state index in [0.29, 0.717) is 6.61 Å². The van der Waals surface area contributed by atoms with Gasteiger partial charge in [0.1, 0.15) is 0 Å². The first kappa shape index (κ1) is 23.1. The second-order valence-corrected chi connectivity index (χ2v) is 6.32. The fraction of sp³-hybridized carbons (Fsp3) is 1.00. The number of unbranched alkanes of at least 4 members (excludes halogenated alkanes) is 7. The Hall–Kier alpha value is 0.830. The Balaban J connectivity index is 0. The number of aliphatic hydroxyl groups is 1. The first-order valence-corrected chi connectivity index (χ1v) is 8.73. The minimum atomic E-state index is -4.33. The van der Waals surface area contributed by atoms with E-state index in [-0.39, 0.29) is 29.6 Å². The van der Waals surface area contributed by atoms with Crippen LogP contribution in [0.15, 0.2) is 0 Å². The molecule has 0 aliphatic carbocycles. The quantitative estimate of drug-likeness (QED) is 0.269. The van der Waals surface area contributed by atoms with E-state index in [0.717, 1.165) is 19.3 Å². The van der Waals surface area contributed by atoms with Gasteiger partial charge in [0.25, 0.3) is 0 Å². The molecule has 0 saturated carbocycles. The van der Waals surface area contributed by atoms with Crippen molar-refractivity contribution in [3.05, 3.63) is 0 Å². The molecule has 1 unspecified atom stereocenters. The van der Waals surface area contributed by atoms with Gasteiger partial charge in [-0.3, -0.25) is 0 Å². The fourth-order valence-corrected chi connectivity index (χ4v) is 2.52. The summed E-state index contributed by atoms with van der Waals surface area (Å²) in [6.45, 7) is 2.16. The topological polar surface area (TPSA) is 86.7 Å². The Morgan fingerprint density at radius 2 is 1.55 bits per heavy atom. The molecule has 0 bridgehead atoms. The summed E-state index contributed by atoms with van der Waals surface area (Å²) >= 11 is 0. The normalized spacial score (nSPS) is 12.9. The summed E-state index contributed by atoms with van der Waals surface area (Å²) in [5.41, 5.74) is 0. The Labute approximate surface area is 145 Å². The van der Waals surface area contributed by atoms with Crippen LogP contribution in [-0.2, 0) is 14.9 Å². The van der Waals surface area contributed by atoms with Crippen LogP contribution in [0.2, 0.25) is 0 Å². The summed E-state index contributed by atoms with van der Waals surface area (Å²) in [5.74, 6) is -0.652. The van der Waals surface area contributed by atoms with Gasteiger partial charge < -0.3 is 14.4 Å². The van der Waals surface area contributed by atoms with Crippen molar-refractivity contribution in [3.8, 4) is 0 Å². The van der Waals surface area contributed by atoms with Crippen LogP contribution in [0, 0.1) is 0 Å². The molecule has 7 heteroatoms. The molecular formula is C13H27NaO5S. The van der Waals surface area contributed by atoms with Crippen molar-refractivity contribution < 1.29 is 52.4 Å². The van der Waals surface area contributed by atoms with E-state index < -0.39 is 28.6 Å². The number of hydrogen-bond acceptors (Lipinski definition) is 5. The van der Waals surface area contributed by atoms with Gasteiger partial charge in [0.15, 0.2) is 0 Å². The van der Waals surface area contributed by atoms with Crippen molar-refractivity contribution >= 4 is 10.1 Å². The molecule has 0 aromatic heterocycles. The van der Waals surface area contributed by atoms with Crippen LogP contribution >= 0.6 is 0 Å². The molecule has 0 aromatic rings. The monoisotopic (exact) mass is 318 g/mol. The summed E-state index contributed by atoms with van der Waals surface area (Å²) in [7, 11) is -4.33. The van der Waals surface area contributed by atoms with E-state index in [9.17, 15) is 13.0 Å². The molecule has 20 heavy (non-hydrogen) atoms. The largest absolute Gasteiger partial charge is 1.00 e. The Bertz CT molecular complexity index is 295. The van der Waals surface area contributed by atoms with Crippen LogP contribution in [0.25, 0.3) is 0 Å². The average molecular weight is 318 g/mol. The third-order valence-electron chi connectivity index (χ3n) is 2.95. The minimum Gasteiger partial charge on any atom is -0.748 e. The maximum Gasteiger partial charge on any atom is 1.00 e. The van der Waals surface area contributed by atoms with Crippen molar-refractivity contribution in [2.24, 2.45) is 0 Å². The molecule has 116 valence electrons. The molecule has 0 saturated heterocycles. The zero-order valence-electron chi connectivity index (χ0n) is 12.8. The van der Waals surface area contributed by atoms with Gasteiger partial charge in [0.05, 0.1) is 28.6 Å². The maximum atomic E-state index is 10.5. The van der Waals surface area contributed by atoms with Crippen molar-refractivity contribution in [3.63, 3.8) is 0 Å². The summed E-state index contributed by atoms with van der Waals surface area (Å²) in [6.07, 6.45) is 8.46. The summed E-state index contributed by atoms with van der Waals surface area (Å²) in [6, 6.07) is 0. The fourth-order valence-electron chi connectivity index (χ4n) is 1.87. The predicted molar refractivity (Wildman–Crippen MR) is 74.0 cm³/mol. The molecule has 1 atom stereocenters. The third-order valence-corrected chi connectivity index (χ3v) is 3.73. The molecule has 0 aromatic carbocycles. The first-order valence-electron chi connectivity index (χ1n) is 7.15. The number of ether oxygens (including phenoxy) is 1. The molecule has 0 amide bonds. The van der Waals surface area contributed by atoms with Crippen molar-refractivity contribution in [2.75, 3.05) is 19.0 Å². The van der Waals surface area contributed by atoms with Crippen LogP contribution in [0.4, 0.5) is 0 Å². The zero-order valence-corrected chi connectivity index (χ0v) is 15.7. The molecule has 0 aliphatic heterocycles. The van der Waals surface area contributed by atoms with E-state index >= 15 is 0 Å². The maximum absolute atomic E-state index is 10.5. The van der Waals surface area contributed by atoms with Crippen LogP contribution in [0.3, 0.4) is 0 Å². The van der Waals surface area contributed by atoms with Gasteiger partial charge in [0, 0.05) is 6.61 Å². The summed E-state index contributed by atoms with van der Waals surface area (Å²) in [5, 5.41) is 8.88. The van der Waals surface area contributed by atoms with Gasteiger partial charge in [-0.05, 0) is 6.42 Å². The van der Waals surface area contributed by atoms with Gasteiger partial charge in [-0.2, -0.15) is 0 Å². The van der Waals surface area contributed by atoms with E-state index in [2.05, 4.69) is 6.92 Å². The third kappa shape index (κ3) is 16.9. The van der Waals surface area contributed by atoms with Gasteiger partial charge in [0.2, 0.25) is 0 Å². The minimum absolute atomic E-state index is 0. The van der Waals surface area contributed by atoms with Crippen molar-refractivity contribution in [2.45, 2.75) is 64.4 Å². The molecule has 0 fully saturated rings. The predicted octanol–water partition coefficient (Wildman–Crippen LogP) is -0.946. The Morgan fingerprint density at radius 1 is 1.05 bits per heavy atom. The molecule has 0 radical (unpaired) electrons. The second-order valence-electron chi connectivity index (χ2n) is 4.87. The van der Waals surface area contributed by atoms with Crippen molar-refractivity contribution in [1.29, 1.82) is 0 Å². The zero-order chi connectivity index (χ0) is 14.6. The molecule has 0 spiro atoms. The number of hydrogen-bond donors (Lipinski definition) is 1.